The van der Waals surface area contributed by atoms with Crippen LogP contribution in [-0.2, 0) is 6.42 Å². The first-order valence-electron chi connectivity index (χ1n) is 5.00. The van der Waals surface area contributed by atoms with E-state index in [-0.39, 0.29) is 11.5 Å². The Kier molecular flexibility index (Phi) is 2.68. The van der Waals surface area contributed by atoms with Gasteiger partial charge in [0.2, 0.25) is 0 Å². The summed E-state index contributed by atoms with van der Waals surface area (Å²) < 4.78 is 0. The normalized spacial score (nSPS) is 10.2. The van der Waals surface area contributed by atoms with Crippen molar-refractivity contribution >= 4 is 5.69 Å². The molecular weight excluding hydrogens is 202 g/mol. The second kappa shape index (κ2) is 4.14. The van der Waals surface area contributed by atoms with Gasteiger partial charge in [0.1, 0.15) is 11.5 Å². The molecule has 82 valence electrons. The van der Waals surface area contributed by atoms with Crippen molar-refractivity contribution in [3.63, 3.8) is 0 Å². The number of anilines is 1. The molecule has 0 spiro atoms. The highest BCUT2D eigenvalue weighted by molar-refractivity contribution is 5.52. The van der Waals surface area contributed by atoms with Crippen molar-refractivity contribution in [2.75, 3.05) is 5.73 Å². The highest BCUT2D eigenvalue weighted by atomic mass is 16.3. The predicted octanol–water partition coefficient (Wildman–Crippen LogP) is 2.27. The van der Waals surface area contributed by atoms with Crippen LogP contribution in [0, 0.1) is 0 Å². The molecule has 0 heterocycles. The maximum Gasteiger partial charge on any atom is 0.116 e. The number of aromatic hydroxyl groups is 2. The molecule has 0 bridgehead atoms. The summed E-state index contributed by atoms with van der Waals surface area (Å²) in [5.74, 6) is 0.431. The number of nitrogen functional groups attached to an aromatic ring is 1. The Morgan fingerprint density at radius 2 is 1.69 bits per heavy atom. The molecular formula is C13H13NO2. The molecule has 0 fully saturated rings. The van der Waals surface area contributed by atoms with E-state index < -0.39 is 0 Å². The molecule has 0 amide bonds. The van der Waals surface area contributed by atoms with Gasteiger partial charge in [0.15, 0.2) is 0 Å². The lowest BCUT2D eigenvalue weighted by atomic mass is 10.0. The quantitative estimate of drug-likeness (QED) is 0.531. The summed E-state index contributed by atoms with van der Waals surface area (Å²) in [7, 11) is 0. The lowest BCUT2D eigenvalue weighted by Gasteiger charge is -2.06. The second-order valence-corrected chi connectivity index (χ2v) is 3.73. The number of rotatable bonds is 2. The largest absolute Gasteiger partial charge is 0.508 e. The van der Waals surface area contributed by atoms with E-state index in [0.717, 1.165) is 11.1 Å². The van der Waals surface area contributed by atoms with Crippen LogP contribution in [0.2, 0.25) is 0 Å². The van der Waals surface area contributed by atoms with E-state index in [2.05, 4.69) is 0 Å². The number of nitrogens with two attached hydrogens (primary N) is 1. The molecule has 0 aliphatic carbocycles. The minimum Gasteiger partial charge on any atom is -0.508 e. The Hall–Kier alpha value is -2.16. The molecule has 0 atom stereocenters. The van der Waals surface area contributed by atoms with E-state index in [0.29, 0.717) is 12.1 Å². The molecule has 0 radical (unpaired) electrons. The zero-order chi connectivity index (χ0) is 11.5. The molecule has 0 saturated heterocycles. The number of hydrogen-bond donors (Lipinski definition) is 3. The first-order chi connectivity index (χ1) is 7.65. The molecule has 16 heavy (non-hydrogen) atoms. The second-order valence-electron chi connectivity index (χ2n) is 3.73. The summed E-state index contributed by atoms with van der Waals surface area (Å²) in [6.45, 7) is 0. The zero-order valence-corrected chi connectivity index (χ0v) is 8.72. The Morgan fingerprint density at radius 3 is 2.44 bits per heavy atom. The molecule has 3 nitrogen and oxygen atoms in total. The van der Waals surface area contributed by atoms with Crippen molar-refractivity contribution in [3.8, 4) is 11.5 Å². The Labute approximate surface area is 93.8 Å². The monoisotopic (exact) mass is 215 g/mol. The van der Waals surface area contributed by atoms with Crippen LogP contribution in [0.3, 0.4) is 0 Å². The van der Waals surface area contributed by atoms with E-state index in [1.165, 1.54) is 0 Å². The van der Waals surface area contributed by atoms with Crippen LogP contribution in [0.4, 0.5) is 5.69 Å². The molecule has 3 heteroatoms. The molecule has 0 saturated carbocycles. The third kappa shape index (κ3) is 2.25. The van der Waals surface area contributed by atoms with Crippen molar-refractivity contribution < 1.29 is 10.2 Å². The first kappa shape index (κ1) is 10.4. The van der Waals surface area contributed by atoms with Crippen molar-refractivity contribution in [2.45, 2.75) is 6.42 Å². The number of phenolic OH excluding ortho intramolecular Hbond substituents is 2. The van der Waals surface area contributed by atoms with Gasteiger partial charge in [0, 0.05) is 5.69 Å². The minimum atomic E-state index is 0.198. The van der Waals surface area contributed by atoms with Gasteiger partial charge in [-0.1, -0.05) is 12.1 Å². The fourth-order valence-corrected chi connectivity index (χ4v) is 1.63. The van der Waals surface area contributed by atoms with Gasteiger partial charge in [0.05, 0.1) is 0 Å². The smallest absolute Gasteiger partial charge is 0.116 e. The van der Waals surface area contributed by atoms with Gasteiger partial charge >= 0.3 is 0 Å². The summed E-state index contributed by atoms with van der Waals surface area (Å²) in [5.41, 5.74) is 8.25. The van der Waals surface area contributed by atoms with Gasteiger partial charge in [-0.25, -0.2) is 0 Å². The summed E-state index contributed by atoms with van der Waals surface area (Å²) in [5, 5.41) is 18.7. The molecule has 2 aromatic carbocycles. The lowest BCUT2D eigenvalue weighted by Crippen LogP contribution is -1.95. The van der Waals surface area contributed by atoms with E-state index in [9.17, 15) is 10.2 Å². The van der Waals surface area contributed by atoms with Crippen LogP contribution in [0.15, 0.2) is 42.5 Å². The molecule has 0 aliphatic rings. The number of benzene rings is 2. The average Bonchev–Trinajstić information content (AvgIpc) is 2.24. The van der Waals surface area contributed by atoms with Crippen molar-refractivity contribution in [1.29, 1.82) is 0 Å². The topological polar surface area (TPSA) is 66.5 Å². The minimum absolute atomic E-state index is 0.198. The standard InChI is InChI=1S/C13H13NO2/c14-13-5-4-12(16)8-10(13)6-9-2-1-3-11(15)7-9/h1-5,7-8,15-16H,6,14H2. The number of phenols is 2. The first-order valence-corrected chi connectivity index (χ1v) is 5.00. The van der Waals surface area contributed by atoms with Crippen LogP contribution >= 0.6 is 0 Å². The SMILES string of the molecule is Nc1ccc(O)cc1Cc1cccc(O)c1. The fourth-order valence-electron chi connectivity index (χ4n) is 1.63. The third-order valence-electron chi connectivity index (χ3n) is 2.43. The van der Waals surface area contributed by atoms with Crippen LogP contribution in [0.1, 0.15) is 11.1 Å². The Balaban J connectivity index is 2.30. The average molecular weight is 215 g/mol. The van der Waals surface area contributed by atoms with Gasteiger partial charge in [0.25, 0.3) is 0 Å². The predicted molar refractivity (Wildman–Crippen MR) is 63.4 cm³/mol. The van der Waals surface area contributed by atoms with Crippen molar-refractivity contribution in [1.82, 2.24) is 0 Å². The summed E-state index contributed by atoms with van der Waals surface area (Å²) >= 11 is 0. The maximum absolute atomic E-state index is 9.37. The lowest BCUT2D eigenvalue weighted by molar-refractivity contribution is 0.474. The molecule has 4 N–H and O–H groups in total. The summed E-state index contributed by atoms with van der Waals surface area (Å²) in [6, 6.07) is 11.9. The molecule has 0 aromatic heterocycles. The van der Waals surface area contributed by atoms with E-state index in [4.69, 9.17) is 5.73 Å². The summed E-state index contributed by atoms with van der Waals surface area (Å²) in [4.78, 5) is 0. The Bertz CT molecular complexity index is 509. The molecule has 0 unspecified atom stereocenters. The van der Waals surface area contributed by atoms with Crippen LogP contribution in [0.5, 0.6) is 11.5 Å². The fraction of sp³-hybridized carbons (Fsp3) is 0.0769. The van der Waals surface area contributed by atoms with Crippen LogP contribution in [0.25, 0.3) is 0 Å². The van der Waals surface area contributed by atoms with Gasteiger partial charge in [-0.3, -0.25) is 0 Å². The molecule has 2 rings (SSSR count). The van der Waals surface area contributed by atoms with E-state index >= 15 is 0 Å². The van der Waals surface area contributed by atoms with Crippen molar-refractivity contribution in [3.05, 3.63) is 53.6 Å². The van der Waals surface area contributed by atoms with Gasteiger partial charge in [-0.15, -0.1) is 0 Å². The van der Waals surface area contributed by atoms with Crippen LogP contribution in [-0.4, -0.2) is 10.2 Å². The van der Waals surface area contributed by atoms with Gasteiger partial charge < -0.3 is 15.9 Å². The van der Waals surface area contributed by atoms with Gasteiger partial charge in [-0.2, -0.15) is 0 Å². The van der Waals surface area contributed by atoms with Crippen molar-refractivity contribution in [2.24, 2.45) is 0 Å². The third-order valence-corrected chi connectivity index (χ3v) is 2.43. The molecule has 0 aliphatic heterocycles. The van der Waals surface area contributed by atoms with Gasteiger partial charge in [-0.05, 0) is 47.9 Å². The number of hydrogen-bond acceptors (Lipinski definition) is 3. The maximum atomic E-state index is 9.37. The zero-order valence-electron chi connectivity index (χ0n) is 8.72. The molecule has 2 aromatic rings. The van der Waals surface area contributed by atoms with Crippen LogP contribution < -0.4 is 5.73 Å². The Morgan fingerprint density at radius 1 is 0.938 bits per heavy atom. The highest BCUT2D eigenvalue weighted by Crippen LogP contribution is 2.22. The highest BCUT2D eigenvalue weighted by Gasteiger charge is 2.02. The van der Waals surface area contributed by atoms with E-state index in [1.807, 2.05) is 6.07 Å². The van der Waals surface area contributed by atoms with E-state index in [1.54, 1.807) is 36.4 Å². The summed E-state index contributed by atoms with van der Waals surface area (Å²) in [6.07, 6.45) is 0.592.